The molecule has 0 aliphatic carbocycles. The second-order valence-electron chi connectivity index (χ2n) is 4.94. The first kappa shape index (κ1) is 16.5. The summed E-state index contributed by atoms with van der Waals surface area (Å²) in [5, 5.41) is 5.01. The lowest BCUT2D eigenvalue weighted by Gasteiger charge is -2.19. The summed E-state index contributed by atoms with van der Waals surface area (Å²) in [6.07, 6.45) is 3.69. The van der Waals surface area contributed by atoms with Crippen molar-refractivity contribution in [2.75, 3.05) is 26.8 Å². The van der Waals surface area contributed by atoms with Crippen LogP contribution in [0.2, 0.25) is 5.02 Å². The van der Waals surface area contributed by atoms with Gasteiger partial charge in [0.1, 0.15) is 0 Å². The van der Waals surface area contributed by atoms with Crippen molar-refractivity contribution in [1.29, 1.82) is 0 Å². The van der Waals surface area contributed by atoms with Gasteiger partial charge in [-0.1, -0.05) is 11.6 Å². The lowest BCUT2D eigenvalue weighted by molar-refractivity contribution is -0.119. The van der Waals surface area contributed by atoms with Crippen LogP contribution >= 0.6 is 11.6 Å². The molecule has 118 valence electrons. The van der Waals surface area contributed by atoms with Crippen molar-refractivity contribution in [1.82, 2.24) is 14.7 Å². The number of carbonyl (C=O) groups is 1. The minimum Gasteiger partial charge on any atom is -0.383 e. The fourth-order valence-electron chi connectivity index (χ4n) is 2.09. The van der Waals surface area contributed by atoms with E-state index in [4.69, 9.17) is 22.1 Å². The molecule has 1 heterocycles. The molecule has 22 heavy (non-hydrogen) atoms. The Morgan fingerprint density at radius 3 is 2.77 bits per heavy atom. The zero-order valence-electron chi connectivity index (χ0n) is 12.4. The highest BCUT2D eigenvalue weighted by atomic mass is 35.5. The van der Waals surface area contributed by atoms with Crippen LogP contribution in [0.5, 0.6) is 0 Å². The van der Waals surface area contributed by atoms with E-state index in [1.54, 1.807) is 18.0 Å². The van der Waals surface area contributed by atoms with E-state index in [1.165, 1.54) is 0 Å². The van der Waals surface area contributed by atoms with Crippen LogP contribution in [0.15, 0.2) is 36.7 Å². The van der Waals surface area contributed by atoms with Gasteiger partial charge in [-0.25, -0.2) is 4.68 Å². The highest BCUT2D eigenvalue weighted by Gasteiger charge is 2.10. The van der Waals surface area contributed by atoms with Gasteiger partial charge in [0, 0.05) is 37.0 Å². The van der Waals surface area contributed by atoms with Crippen LogP contribution in [0.3, 0.4) is 0 Å². The highest BCUT2D eigenvalue weighted by molar-refractivity contribution is 6.30. The Hall–Kier alpha value is -1.89. The summed E-state index contributed by atoms with van der Waals surface area (Å²) in [5.74, 6) is -0.360. The number of carbonyl (C=O) groups excluding carboxylic acids is 1. The van der Waals surface area contributed by atoms with Gasteiger partial charge in [0.15, 0.2) is 0 Å². The van der Waals surface area contributed by atoms with E-state index in [9.17, 15) is 4.79 Å². The summed E-state index contributed by atoms with van der Waals surface area (Å²) in [5.41, 5.74) is 7.19. The Morgan fingerprint density at radius 2 is 2.14 bits per heavy atom. The summed E-state index contributed by atoms with van der Waals surface area (Å²) in [4.78, 5) is 13.1. The van der Waals surface area contributed by atoms with Gasteiger partial charge in [0.05, 0.1) is 25.0 Å². The number of ether oxygens (including phenoxy) is 1. The van der Waals surface area contributed by atoms with Crippen molar-refractivity contribution < 1.29 is 9.53 Å². The van der Waals surface area contributed by atoms with Gasteiger partial charge in [-0.15, -0.1) is 0 Å². The van der Waals surface area contributed by atoms with E-state index in [2.05, 4.69) is 5.10 Å². The molecule has 2 rings (SSSR count). The molecule has 0 aliphatic heterocycles. The molecule has 0 unspecified atom stereocenters. The predicted octanol–water partition coefficient (Wildman–Crippen LogP) is 1.46. The lowest BCUT2D eigenvalue weighted by atomic mass is 10.3. The average molecular weight is 323 g/mol. The maximum Gasteiger partial charge on any atom is 0.231 e. The van der Waals surface area contributed by atoms with Crippen LogP contribution in [0.1, 0.15) is 5.56 Å². The summed E-state index contributed by atoms with van der Waals surface area (Å²) >= 11 is 5.88. The number of hydrogen-bond acceptors (Lipinski definition) is 4. The van der Waals surface area contributed by atoms with Crippen molar-refractivity contribution in [3.63, 3.8) is 0 Å². The zero-order valence-corrected chi connectivity index (χ0v) is 13.2. The minimum atomic E-state index is -0.360. The molecule has 0 saturated heterocycles. The topological polar surface area (TPSA) is 73.4 Å². The Morgan fingerprint density at radius 1 is 1.41 bits per heavy atom. The number of nitrogens with zero attached hydrogens (tertiary/aromatic N) is 3. The Labute approximate surface area is 134 Å². The Bertz CT molecular complexity index is 612. The number of methoxy groups -OCH3 is 1. The summed E-state index contributed by atoms with van der Waals surface area (Å²) in [7, 11) is 1.63. The average Bonchev–Trinajstić information content (AvgIpc) is 2.93. The molecule has 0 bridgehead atoms. The fourth-order valence-corrected chi connectivity index (χ4v) is 2.22. The van der Waals surface area contributed by atoms with Crippen LogP contribution in [-0.2, 0) is 16.1 Å². The third-order valence-corrected chi connectivity index (χ3v) is 3.38. The number of primary amides is 1. The Balaban J connectivity index is 2.05. The largest absolute Gasteiger partial charge is 0.383 e. The fraction of sp³-hybridized carbons (Fsp3) is 0.333. The lowest BCUT2D eigenvalue weighted by Crippen LogP contribution is -2.35. The highest BCUT2D eigenvalue weighted by Crippen LogP contribution is 2.14. The number of benzene rings is 1. The first-order valence-electron chi connectivity index (χ1n) is 6.87. The van der Waals surface area contributed by atoms with Crippen LogP contribution in [0, 0.1) is 0 Å². The van der Waals surface area contributed by atoms with Crippen LogP contribution in [0.25, 0.3) is 5.69 Å². The number of rotatable bonds is 8. The van der Waals surface area contributed by atoms with Crippen LogP contribution in [-0.4, -0.2) is 47.4 Å². The summed E-state index contributed by atoms with van der Waals surface area (Å²) in [6.45, 7) is 1.94. The third-order valence-electron chi connectivity index (χ3n) is 3.12. The van der Waals surface area contributed by atoms with Gasteiger partial charge in [-0.2, -0.15) is 5.10 Å². The molecule has 1 aromatic carbocycles. The van der Waals surface area contributed by atoms with Gasteiger partial charge < -0.3 is 10.5 Å². The first-order valence-corrected chi connectivity index (χ1v) is 7.25. The van der Waals surface area contributed by atoms with Gasteiger partial charge in [0.25, 0.3) is 0 Å². The standard InChI is InChI=1S/C15H19ClN4O2/c1-22-7-6-19(11-15(17)21)9-12-8-18-20(10-12)14-4-2-13(16)3-5-14/h2-5,8,10H,6-7,9,11H2,1H3,(H2,17,21). The number of hydrogen-bond donors (Lipinski definition) is 1. The molecule has 0 atom stereocenters. The van der Waals surface area contributed by atoms with Crippen molar-refractivity contribution >= 4 is 17.5 Å². The quantitative estimate of drug-likeness (QED) is 0.798. The van der Waals surface area contributed by atoms with Crippen molar-refractivity contribution in [2.45, 2.75) is 6.54 Å². The molecule has 0 radical (unpaired) electrons. The number of aromatic nitrogens is 2. The van der Waals surface area contributed by atoms with Gasteiger partial charge in [-0.3, -0.25) is 9.69 Å². The minimum absolute atomic E-state index is 0.190. The second kappa shape index (κ2) is 7.93. The SMILES string of the molecule is COCCN(CC(N)=O)Cc1cnn(-c2ccc(Cl)cc2)c1. The molecule has 2 aromatic rings. The molecule has 7 heteroatoms. The van der Waals surface area contributed by atoms with E-state index >= 15 is 0 Å². The smallest absolute Gasteiger partial charge is 0.231 e. The molecule has 0 saturated carbocycles. The molecular weight excluding hydrogens is 304 g/mol. The first-order chi connectivity index (χ1) is 10.6. The summed E-state index contributed by atoms with van der Waals surface area (Å²) < 4.78 is 6.82. The molecule has 1 aromatic heterocycles. The molecule has 0 aliphatic rings. The molecule has 2 N–H and O–H groups in total. The molecule has 6 nitrogen and oxygen atoms in total. The number of nitrogens with two attached hydrogens (primary N) is 1. The van der Waals surface area contributed by atoms with Gasteiger partial charge in [0.2, 0.25) is 5.91 Å². The van der Waals surface area contributed by atoms with E-state index in [0.717, 1.165) is 11.3 Å². The molecule has 1 amide bonds. The monoisotopic (exact) mass is 322 g/mol. The molecular formula is C15H19ClN4O2. The number of halogens is 1. The molecule has 0 spiro atoms. The van der Waals surface area contributed by atoms with Gasteiger partial charge in [-0.05, 0) is 24.3 Å². The maximum atomic E-state index is 11.1. The maximum absolute atomic E-state index is 11.1. The van der Waals surface area contributed by atoms with E-state index in [1.807, 2.05) is 35.4 Å². The number of amides is 1. The van der Waals surface area contributed by atoms with E-state index in [-0.39, 0.29) is 12.5 Å². The zero-order chi connectivity index (χ0) is 15.9. The molecule has 0 fully saturated rings. The second-order valence-corrected chi connectivity index (χ2v) is 5.38. The van der Waals surface area contributed by atoms with E-state index < -0.39 is 0 Å². The van der Waals surface area contributed by atoms with Crippen LogP contribution in [0.4, 0.5) is 0 Å². The normalized spacial score (nSPS) is 11.0. The van der Waals surface area contributed by atoms with Crippen molar-refractivity contribution in [2.24, 2.45) is 5.73 Å². The van der Waals surface area contributed by atoms with E-state index in [0.29, 0.717) is 24.7 Å². The predicted molar refractivity (Wildman–Crippen MR) is 84.9 cm³/mol. The van der Waals surface area contributed by atoms with Crippen molar-refractivity contribution in [3.05, 3.63) is 47.2 Å². The summed E-state index contributed by atoms with van der Waals surface area (Å²) in [6, 6.07) is 7.42. The van der Waals surface area contributed by atoms with Gasteiger partial charge >= 0.3 is 0 Å². The van der Waals surface area contributed by atoms with Crippen molar-refractivity contribution in [3.8, 4) is 5.69 Å². The Kier molecular flexibility index (Phi) is 5.94. The van der Waals surface area contributed by atoms with Crippen LogP contribution < -0.4 is 5.73 Å². The third kappa shape index (κ3) is 4.84.